The van der Waals surface area contributed by atoms with Crippen LogP contribution < -0.4 is 4.74 Å². The highest BCUT2D eigenvalue weighted by molar-refractivity contribution is 9.10. The van der Waals surface area contributed by atoms with Crippen LogP contribution in [0.15, 0.2) is 70.0 Å². The van der Waals surface area contributed by atoms with Gasteiger partial charge in [0.05, 0.1) is 31.3 Å². The van der Waals surface area contributed by atoms with Crippen LogP contribution in [0.3, 0.4) is 0 Å². The van der Waals surface area contributed by atoms with Crippen molar-refractivity contribution >= 4 is 56.3 Å². The van der Waals surface area contributed by atoms with Gasteiger partial charge in [0, 0.05) is 18.2 Å². The molecule has 0 unspecified atom stereocenters. The van der Waals surface area contributed by atoms with Gasteiger partial charge in [-0.05, 0) is 69.2 Å². The van der Waals surface area contributed by atoms with Gasteiger partial charge in [0.25, 0.3) is 16.8 Å². The summed E-state index contributed by atoms with van der Waals surface area (Å²) in [5, 5.41) is 21.6. The zero-order chi connectivity index (χ0) is 28.5. The van der Waals surface area contributed by atoms with Gasteiger partial charge in [-0.1, -0.05) is 18.2 Å². The first-order valence-electron chi connectivity index (χ1n) is 10.6. The number of carbonyl (C=O) groups excluding carboxylic acids is 2. The van der Waals surface area contributed by atoms with Crippen LogP contribution in [-0.4, -0.2) is 25.9 Å². The number of non-ortho nitro benzene ring substituents is 1. The number of benzene rings is 3. The highest BCUT2D eigenvalue weighted by atomic mass is 79.9. The minimum atomic E-state index is -4.77. The number of alkyl halides is 3. The lowest BCUT2D eigenvalue weighted by Gasteiger charge is -2.12. The SMILES string of the molecule is O=C1SC(=Cc2ccc(Oc3ccc(C(F)(F)F)cc3[N+](=O)[O-])c(Br)c2)C(=O)N1Cc1ccc([N+](=O)[O-])cc1. The maximum absolute atomic E-state index is 12.9. The smallest absolute Gasteiger partial charge is 0.416 e. The van der Waals surface area contributed by atoms with Gasteiger partial charge in [-0.25, -0.2) is 0 Å². The van der Waals surface area contributed by atoms with Crippen LogP contribution in [0.4, 0.5) is 29.3 Å². The van der Waals surface area contributed by atoms with Crippen LogP contribution in [0.1, 0.15) is 16.7 Å². The first-order chi connectivity index (χ1) is 18.3. The van der Waals surface area contributed by atoms with Gasteiger partial charge in [-0.15, -0.1) is 0 Å². The molecule has 0 atom stereocenters. The fourth-order valence-corrected chi connectivity index (χ4v) is 4.74. The number of nitro groups is 2. The second kappa shape index (κ2) is 10.9. The number of halogens is 4. The van der Waals surface area contributed by atoms with Crippen LogP contribution in [-0.2, 0) is 17.5 Å². The Bertz CT molecular complexity index is 1540. The molecule has 0 saturated carbocycles. The van der Waals surface area contributed by atoms with Gasteiger partial charge in [-0.3, -0.25) is 34.7 Å². The van der Waals surface area contributed by atoms with Crippen LogP contribution in [0.5, 0.6) is 11.5 Å². The summed E-state index contributed by atoms with van der Waals surface area (Å²) >= 11 is 3.94. The zero-order valence-electron chi connectivity index (χ0n) is 19.2. The summed E-state index contributed by atoms with van der Waals surface area (Å²) in [7, 11) is 0. The first kappa shape index (κ1) is 27.8. The van der Waals surface area contributed by atoms with Crippen molar-refractivity contribution in [3.8, 4) is 11.5 Å². The Balaban J connectivity index is 1.52. The molecule has 0 aliphatic carbocycles. The van der Waals surface area contributed by atoms with Gasteiger partial charge < -0.3 is 4.74 Å². The van der Waals surface area contributed by atoms with E-state index in [0.29, 0.717) is 35.0 Å². The van der Waals surface area contributed by atoms with Crippen molar-refractivity contribution in [1.82, 2.24) is 4.90 Å². The van der Waals surface area contributed by atoms with E-state index in [1.54, 1.807) is 0 Å². The Morgan fingerprint density at radius 1 is 0.949 bits per heavy atom. The highest BCUT2D eigenvalue weighted by Crippen LogP contribution is 2.40. The summed E-state index contributed by atoms with van der Waals surface area (Å²) in [5.41, 5.74) is -1.22. The molecule has 0 N–H and O–H groups in total. The minimum Gasteiger partial charge on any atom is -0.449 e. The Morgan fingerprint density at radius 2 is 1.62 bits per heavy atom. The average molecular weight is 624 g/mol. The number of hydrogen-bond donors (Lipinski definition) is 0. The van der Waals surface area contributed by atoms with Crippen molar-refractivity contribution in [3.05, 3.63) is 107 Å². The maximum Gasteiger partial charge on any atom is 0.416 e. The van der Waals surface area contributed by atoms with Crippen molar-refractivity contribution in [2.45, 2.75) is 12.7 Å². The van der Waals surface area contributed by atoms with Crippen molar-refractivity contribution in [2.75, 3.05) is 0 Å². The quantitative estimate of drug-likeness (QED) is 0.152. The fraction of sp³-hybridized carbons (Fsp3) is 0.0833. The topological polar surface area (TPSA) is 133 Å². The van der Waals surface area contributed by atoms with E-state index in [-0.39, 0.29) is 27.4 Å². The molecule has 2 amide bonds. The number of hydrogen-bond acceptors (Lipinski definition) is 8. The molecule has 15 heteroatoms. The van der Waals surface area contributed by atoms with Crippen LogP contribution in [0.2, 0.25) is 0 Å². The molecule has 1 heterocycles. The summed E-state index contributed by atoms with van der Waals surface area (Å²) in [4.78, 5) is 46.9. The predicted octanol–water partition coefficient (Wildman–Crippen LogP) is 7.31. The molecular weight excluding hydrogens is 611 g/mol. The van der Waals surface area contributed by atoms with E-state index < -0.39 is 44.2 Å². The number of thioether (sulfide) groups is 1. The predicted molar refractivity (Wildman–Crippen MR) is 137 cm³/mol. The van der Waals surface area contributed by atoms with Gasteiger partial charge >= 0.3 is 11.9 Å². The fourth-order valence-electron chi connectivity index (χ4n) is 3.42. The molecule has 3 aromatic carbocycles. The molecule has 1 aliphatic rings. The number of rotatable bonds is 7. The molecule has 0 spiro atoms. The Kier molecular flexibility index (Phi) is 7.74. The second-order valence-corrected chi connectivity index (χ2v) is 9.77. The summed E-state index contributed by atoms with van der Waals surface area (Å²) < 4.78 is 44.6. The largest absolute Gasteiger partial charge is 0.449 e. The molecule has 10 nitrogen and oxygen atoms in total. The van der Waals surface area contributed by atoms with Gasteiger partial charge in [0.1, 0.15) is 5.75 Å². The van der Waals surface area contributed by atoms with Crippen LogP contribution in [0.25, 0.3) is 6.08 Å². The zero-order valence-corrected chi connectivity index (χ0v) is 21.6. The second-order valence-electron chi connectivity index (χ2n) is 7.92. The Morgan fingerprint density at radius 3 is 2.21 bits per heavy atom. The van der Waals surface area contributed by atoms with Crippen LogP contribution >= 0.6 is 27.7 Å². The van der Waals surface area contributed by atoms with Crippen molar-refractivity contribution in [1.29, 1.82) is 0 Å². The van der Waals surface area contributed by atoms with E-state index in [9.17, 15) is 43.0 Å². The van der Waals surface area contributed by atoms with Gasteiger partial charge in [0.2, 0.25) is 5.75 Å². The normalized spacial score (nSPS) is 14.7. The number of nitro benzene ring substituents is 2. The van der Waals surface area contributed by atoms with Crippen molar-refractivity contribution in [3.63, 3.8) is 0 Å². The molecule has 0 aromatic heterocycles. The van der Waals surface area contributed by atoms with E-state index in [2.05, 4.69) is 15.9 Å². The maximum atomic E-state index is 12.9. The molecule has 200 valence electrons. The van der Waals surface area contributed by atoms with Crippen molar-refractivity contribution in [2.24, 2.45) is 0 Å². The summed E-state index contributed by atoms with van der Waals surface area (Å²) in [6, 6.07) is 11.7. The number of ether oxygens (including phenoxy) is 1. The van der Waals surface area contributed by atoms with Crippen molar-refractivity contribution < 1.29 is 37.3 Å². The highest BCUT2D eigenvalue weighted by Gasteiger charge is 2.35. The van der Waals surface area contributed by atoms with E-state index in [1.807, 2.05) is 0 Å². The number of imide groups is 1. The Labute approximate surface area is 229 Å². The van der Waals surface area contributed by atoms with E-state index in [1.165, 1.54) is 48.5 Å². The Hall–Kier alpha value is -4.24. The van der Waals surface area contributed by atoms with E-state index in [4.69, 9.17) is 4.74 Å². The number of carbonyl (C=O) groups is 2. The lowest BCUT2D eigenvalue weighted by molar-refractivity contribution is -0.385. The molecule has 0 radical (unpaired) electrons. The average Bonchev–Trinajstić information content (AvgIpc) is 3.12. The number of amides is 2. The van der Waals surface area contributed by atoms with E-state index in [0.717, 1.165) is 11.0 Å². The third-order valence-corrected chi connectivity index (χ3v) is 6.85. The molecule has 1 saturated heterocycles. The first-order valence-corrected chi connectivity index (χ1v) is 12.3. The van der Waals surface area contributed by atoms with Gasteiger partial charge in [-0.2, -0.15) is 13.2 Å². The lowest BCUT2D eigenvalue weighted by atomic mass is 10.1. The molecule has 0 bridgehead atoms. The summed E-state index contributed by atoms with van der Waals surface area (Å²) in [6.07, 6.45) is -3.33. The summed E-state index contributed by atoms with van der Waals surface area (Å²) in [5.74, 6) is -0.921. The third kappa shape index (κ3) is 6.26. The molecule has 4 rings (SSSR count). The standard InChI is InChI=1S/C24H13BrF3N3O7S/c25-17-9-14(3-7-19(17)38-20-8-4-15(24(26,27)28)11-18(20)31(36)37)10-21-22(32)29(23(33)39-21)12-13-1-5-16(6-2-13)30(34)35/h1-11H,12H2. The molecule has 1 aliphatic heterocycles. The molecular formula is C24H13BrF3N3O7S. The third-order valence-electron chi connectivity index (χ3n) is 5.32. The minimum absolute atomic E-state index is 0.0567. The summed E-state index contributed by atoms with van der Waals surface area (Å²) in [6.45, 7) is -0.0810. The molecule has 1 fully saturated rings. The molecule has 39 heavy (non-hydrogen) atoms. The molecule has 3 aromatic rings. The monoisotopic (exact) mass is 623 g/mol. The van der Waals surface area contributed by atoms with Gasteiger partial charge in [0.15, 0.2) is 0 Å². The van der Waals surface area contributed by atoms with E-state index >= 15 is 0 Å². The lowest BCUT2D eigenvalue weighted by Crippen LogP contribution is -2.27. The van der Waals surface area contributed by atoms with Crippen LogP contribution in [0, 0.1) is 20.2 Å². The number of nitrogens with zero attached hydrogens (tertiary/aromatic N) is 3.